The Morgan fingerprint density at radius 3 is 2.55 bits per heavy atom. The van der Waals surface area contributed by atoms with Crippen LogP contribution in [0.2, 0.25) is 0 Å². The van der Waals surface area contributed by atoms with E-state index >= 15 is 0 Å². The summed E-state index contributed by atoms with van der Waals surface area (Å²) in [5.41, 5.74) is 1.81. The maximum atomic E-state index is 12.8. The largest absolute Gasteiger partial charge is 0.487 e. The monoisotopic (exact) mass is 532 g/mol. The molecule has 5 nitrogen and oxygen atoms in total. The highest BCUT2D eigenvalue weighted by molar-refractivity contribution is 9.11. The fourth-order valence-corrected chi connectivity index (χ4v) is 4.96. The van der Waals surface area contributed by atoms with Gasteiger partial charge in [-0.15, -0.1) is 0 Å². The van der Waals surface area contributed by atoms with Gasteiger partial charge < -0.3 is 4.74 Å². The average Bonchev–Trinajstić information content (AvgIpc) is 2.95. The molecule has 1 aliphatic heterocycles. The van der Waals surface area contributed by atoms with Crippen LogP contribution in [0.25, 0.3) is 6.08 Å². The molecular weight excluding hydrogens is 520 g/mol. The molecule has 1 aliphatic rings. The highest BCUT2D eigenvalue weighted by atomic mass is 79.9. The van der Waals surface area contributed by atoms with Gasteiger partial charge in [0.15, 0.2) is 0 Å². The van der Waals surface area contributed by atoms with Crippen LogP contribution in [-0.2, 0) is 11.3 Å². The van der Waals surface area contributed by atoms with Crippen LogP contribution in [0, 0.1) is 11.3 Å². The maximum Gasteiger partial charge on any atom is 0.293 e. The number of ether oxygens (including phenoxy) is 1. The molecule has 0 N–H and O–H groups in total. The van der Waals surface area contributed by atoms with Crippen molar-refractivity contribution in [3.63, 3.8) is 0 Å². The van der Waals surface area contributed by atoms with Crippen molar-refractivity contribution in [2.24, 2.45) is 0 Å². The van der Waals surface area contributed by atoms with E-state index in [0.717, 1.165) is 22.2 Å². The summed E-state index contributed by atoms with van der Waals surface area (Å²) >= 11 is 7.80. The van der Waals surface area contributed by atoms with Crippen LogP contribution >= 0.6 is 43.6 Å². The number of hydrogen-bond acceptors (Lipinski definition) is 5. The van der Waals surface area contributed by atoms with Gasteiger partial charge in [0.05, 0.1) is 32.0 Å². The molecule has 1 heterocycles. The predicted octanol–water partition coefficient (Wildman–Crippen LogP) is 5.88. The molecule has 0 bridgehead atoms. The Morgan fingerprint density at radius 1 is 1.21 bits per heavy atom. The van der Waals surface area contributed by atoms with E-state index in [-0.39, 0.29) is 17.7 Å². The fourth-order valence-electron chi connectivity index (χ4n) is 2.67. The molecule has 2 aromatic carbocycles. The number of halogens is 2. The fraction of sp³-hybridized carbons (Fsp3) is 0.0952. The highest BCUT2D eigenvalue weighted by Gasteiger charge is 2.35. The van der Waals surface area contributed by atoms with Gasteiger partial charge in [0.25, 0.3) is 11.1 Å². The van der Waals surface area contributed by atoms with E-state index in [4.69, 9.17) is 4.74 Å². The molecule has 1 fully saturated rings. The number of imide groups is 1. The Hall–Kier alpha value is -2.34. The zero-order valence-corrected chi connectivity index (χ0v) is 19.0. The van der Waals surface area contributed by atoms with Gasteiger partial charge in [-0.1, -0.05) is 30.9 Å². The van der Waals surface area contributed by atoms with Crippen molar-refractivity contribution in [2.75, 3.05) is 6.61 Å². The van der Waals surface area contributed by atoms with Gasteiger partial charge in [0.2, 0.25) is 0 Å². The highest BCUT2D eigenvalue weighted by Crippen LogP contribution is 2.38. The Morgan fingerprint density at radius 2 is 1.90 bits per heavy atom. The zero-order valence-electron chi connectivity index (χ0n) is 15.0. The van der Waals surface area contributed by atoms with Crippen LogP contribution in [0.5, 0.6) is 5.75 Å². The van der Waals surface area contributed by atoms with E-state index in [2.05, 4.69) is 44.5 Å². The molecule has 1 saturated heterocycles. The van der Waals surface area contributed by atoms with Crippen LogP contribution in [0.4, 0.5) is 4.79 Å². The van der Waals surface area contributed by atoms with Crippen molar-refractivity contribution in [3.8, 4) is 11.8 Å². The van der Waals surface area contributed by atoms with Crippen LogP contribution in [0.3, 0.4) is 0 Å². The minimum absolute atomic E-state index is 0.0630. The van der Waals surface area contributed by atoms with E-state index in [1.54, 1.807) is 36.4 Å². The summed E-state index contributed by atoms with van der Waals surface area (Å²) in [5.74, 6) is 0.246. The number of thioether (sulfide) groups is 1. The lowest BCUT2D eigenvalue weighted by molar-refractivity contribution is -0.123. The lowest BCUT2D eigenvalue weighted by Gasteiger charge is -2.13. The number of carbonyl (C=O) groups is 2. The minimum atomic E-state index is -0.382. The predicted molar refractivity (Wildman–Crippen MR) is 120 cm³/mol. The molecule has 0 radical (unpaired) electrons. The molecule has 0 spiro atoms. The SMILES string of the molecule is C=CCOc1c(Br)cc(/C=C2\SC(=O)N(Cc3ccccc3C#N)C2=O)cc1Br. The zero-order chi connectivity index (χ0) is 21.0. The second-order valence-corrected chi connectivity index (χ2v) is 8.65. The topological polar surface area (TPSA) is 70.4 Å². The number of rotatable bonds is 6. The van der Waals surface area contributed by atoms with Crippen LogP contribution in [-0.4, -0.2) is 22.7 Å². The summed E-state index contributed by atoms with van der Waals surface area (Å²) in [6.45, 7) is 4.05. The molecule has 146 valence electrons. The van der Waals surface area contributed by atoms with Crippen molar-refractivity contribution in [1.29, 1.82) is 5.26 Å². The van der Waals surface area contributed by atoms with Crippen LogP contribution in [0.15, 0.2) is 62.9 Å². The maximum absolute atomic E-state index is 12.8. The van der Waals surface area contributed by atoms with Gasteiger partial charge in [-0.2, -0.15) is 5.26 Å². The minimum Gasteiger partial charge on any atom is -0.487 e. The third-order valence-electron chi connectivity index (χ3n) is 4.00. The molecule has 2 amide bonds. The molecule has 29 heavy (non-hydrogen) atoms. The number of nitriles is 1. The number of carbonyl (C=O) groups excluding carboxylic acids is 2. The van der Waals surface area contributed by atoms with Crippen molar-refractivity contribution in [1.82, 2.24) is 4.90 Å². The van der Waals surface area contributed by atoms with E-state index < -0.39 is 0 Å². The molecule has 3 rings (SSSR count). The molecule has 0 aromatic heterocycles. The van der Waals surface area contributed by atoms with Crippen molar-refractivity contribution < 1.29 is 14.3 Å². The molecule has 8 heteroatoms. The molecule has 0 atom stereocenters. The first kappa shape index (κ1) is 21.4. The Labute approximate surface area is 189 Å². The summed E-state index contributed by atoms with van der Waals surface area (Å²) < 4.78 is 7.01. The van der Waals surface area contributed by atoms with Gasteiger partial charge in [-0.05, 0) is 79.0 Å². The summed E-state index contributed by atoms with van der Waals surface area (Å²) in [6.07, 6.45) is 3.31. The normalized spacial score (nSPS) is 14.9. The Kier molecular flexibility index (Phi) is 6.96. The lowest BCUT2D eigenvalue weighted by atomic mass is 10.1. The smallest absolute Gasteiger partial charge is 0.293 e. The van der Waals surface area contributed by atoms with E-state index in [9.17, 15) is 14.9 Å². The summed E-state index contributed by atoms with van der Waals surface area (Å²) in [6, 6.07) is 12.6. The number of benzene rings is 2. The Bertz CT molecular complexity index is 1050. The second-order valence-electron chi connectivity index (χ2n) is 5.95. The number of nitrogens with zero attached hydrogens (tertiary/aromatic N) is 2. The van der Waals surface area contributed by atoms with Gasteiger partial charge >= 0.3 is 0 Å². The first-order chi connectivity index (χ1) is 13.9. The molecule has 0 saturated carbocycles. The molecule has 0 aliphatic carbocycles. The second kappa shape index (κ2) is 9.44. The third kappa shape index (κ3) is 4.81. The van der Waals surface area contributed by atoms with E-state index in [1.165, 1.54) is 0 Å². The summed E-state index contributed by atoms with van der Waals surface area (Å²) in [5, 5.41) is 8.86. The third-order valence-corrected chi connectivity index (χ3v) is 6.09. The van der Waals surface area contributed by atoms with Crippen molar-refractivity contribution in [3.05, 3.63) is 79.6 Å². The number of amides is 2. The first-order valence-electron chi connectivity index (χ1n) is 8.40. The molecule has 0 unspecified atom stereocenters. The van der Waals surface area contributed by atoms with Gasteiger partial charge in [0, 0.05) is 0 Å². The van der Waals surface area contributed by atoms with Crippen molar-refractivity contribution in [2.45, 2.75) is 6.54 Å². The average molecular weight is 534 g/mol. The van der Waals surface area contributed by atoms with Gasteiger partial charge in [0.1, 0.15) is 12.4 Å². The van der Waals surface area contributed by atoms with Crippen LogP contribution in [0.1, 0.15) is 16.7 Å². The lowest BCUT2D eigenvalue weighted by Crippen LogP contribution is -2.27. The summed E-state index contributed by atoms with van der Waals surface area (Å²) in [7, 11) is 0. The Balaban J connectivity index is 1.85. The van der Waals surface area contributed by atoms with Crippen molar-refractivity contribution >= 4 is 60.8 Å². The van der Waals surface area contributed by atoms with E-state index in [0.29, 0.717) is 37.3 Å². The standard InChI is InChI=1S/C21H14Br2N2O3S/c1-2-7-28-19-16(22)8-13(9-17(19)23)10-18-20(26)25(21(27)29-18)12-15-6-4-3-5-14(15)11-24/h2-6,8-10H,1,7,12H2/b18-10-. The first-order valence-corrected chi connectivity index (χ1v) is 10.8. The van der Waals surface area contributed by atoms with Gasteiger partial charge in [-0.3, -0.25) is 14.5 Å². The van der Waals surface area contributed by atoms with Gasteiger partial charge in [-0.25, -0.2) is 0 Å². The molecule has 2 aromatic rings. The van der Waals surface area contributed by atoms with Crippen LogP contribution < -0.4 is 4.74 Å². The number of hydrogen-bond donors (Lipinski definition) is 0. The summed E-state index contributed by atoms with van der Waals surface area (Å²) in [4.78, 5) is 26.6. The molecular formula is C21H14Br2N2O3S. The quantitative estimate of drug-likeness (QED) is 0.342. The van der Waals surface area contributed by atoms with E-state index in [1.807, 2.05) is 12.1 Å².